The van der Waals surface area contributed by atoms with Crippen molar-refractivity contribution in [2.24, 2.45) is 0 Å². The molecule has 40 heavy (non-hydrogen) atoms. The third-order valence-corrected chi connectivity index (χ3v) is 7.52. The fraction of sp³-hybridized carbons (Fsp3) is 0.871. The number of carboxylic acids is 1. The highest BCUT2D eigenvalue weighted by Gasteiger charge is 2.27. The molecule has 0 spiro atoms. The van der Waals surface area contributed by atoms with Gasteiger partial charge < -0.3 is 20.1 Å². The Balaban J connectivity index is 2.14. The van der Waals surface area contributed by atoms with E-state index in [4.69, 9.17) is 9.84 Å². The number of carboxylic acid groups (broad SMARTS) is 1. The van der Waals surface area contributed by atoms with E-state index in [0.717, 1.165) is 103 Å². The van der Waals surface area contributed by atoms with Crippen LogP contribution in [0.25, 0.3) is 0 Å². The molecular formula is C31H57N3O6. The lowest BCUT2D eigenvalue weighted by Gasteiger charge is -2.23. The number of urea groups is 1. The molecule has 1 saturated heterocycles. The average Bonchev–Trinajstić information content (AvgIpc) is 3.25. The average molecular weight is 568 g/mol. The molecule has 1 heterocycles. The summed E-state index contributed by atoms with van der Waals surface area (Å²) in [7, 11) is 0. The largest absolute Gasteiger partial charge is 0.481 e. The van der Waals surface area contributed by atoms with Crippen LogP contribution in [0, 0.1) is 0 Å². The van der Waals surface area contributed by atoms with Crippen molar-refractivity contribution in [3.8, 4) is 0 Å². The number of ether oxygens (including phenoxy) is 1. The molecule has 0 bridgehead atoms. The summed E-state index contributed by atoms with van der Waals surface area (Å²) in [4.78, 5) is 49.9. The number of hydrogen-bond donors (Lipinski definition) is 2. The first kappa shape index (κ1) is 35.9. The third-order valence-electron chi connectivity index (χ3n) is 7.52. The summed E-state index contributed by atoms with van der Waals surface area (Å²) in [6, 6.07) is -0.292. The van der Waals surface area contributed by atoms with Crippen molar-refractivity contribution in [2.75, 3.05) is 39.3 Å². The summed E-state index contributed by atoms with van der Waals surface area (Å²) in [5.74, 6) is -0.944. The van der Waals surface area contributed by atoms with E-state index in [0.29, 0.717) is 19.6 Å². The zero-order valence-electron chi connectivity index (χ0n) is 25.3. The van der Waals surface area contributed by atoms with Gasteiger partial charge in [-0.1, -0.05) is 84.0 Å². The van der Waals surface area contributed by atoms with Crippen LogP contribution in [0.3, 0.4) is 0 Å². The molecule has 1 aliphatic rings. The standard InChI is InChI=1S/C31H57N3O6/c1-2-3-4-5-6-13-18-26-40-30(38)21-15-10-8-12-17-23-33(22-16-11-7-9-14-20-29(36)37)24-19-25-34-28(35)27-32-31(34)39/h2-27H2,1H3,(H,32,39)(H,36,37). The second-order valence-corrected chi connectivity index (χ2v) is 11.2. The van der Waals surface area contributed by atoms with Gasteiger partial charge in [0.2, 0.25) is 5.91 Å². The molecule has 0 aromatic heterocycles. The molecule has 0 aliphatic carbocycles. The molecule has 0 saturated carbocycles. The normalized spacial score (nSPS) is 13.3. The summed E-state index contributed by atoms with van der Waals surface area (Å²) in [5, 5.41) is 11.3. The first-order valence-electron chi connectivity index (χ1n) is 16.1. The van der Waals surface area contributed by atoms with Gasteiger partial charge in [0.05, 0.1) is 13.2 Å². The van der Waals surface area contributed by atoms with E-state index in [1.165, 1.54) is 37.0 Å². The minimum Gasteiger partial charge on any atom is -0.481 e. The van der Waals surface area contributed by atoms with Gasteiger partial charge in [0, 0.05) is 19.4 Å². The van der Waals surface area contributed by atoms with Gasteiger partial charge in [0.1, 0.15) is 0 Å². The molecule has 1 rings (SSSR count). The number of imide groups is 1. The maximum Gasteiger partial charge on any atom is 0.324 e. The monoisotopic (exact) mass is 567 g/mol. The molecule has 0 radical (unpaired) electrons. The molecule has 0 aromatic rings. The van der Waals surface area contributed by atoms with E-state index < -0.39 is 5.97 Å². The van der Waals surface area contributed by atoms with E-state index in [2.05, 4.69) is 17.1 Å². The number of rotatable bonds is 28. The van der Waals surface area contributed by atoms with E-state index in [-0.39, 0.29) is 30.9 Å². The molecule has 3 amide bonds. The maximum absolute atomic E-state index is 11.9. The SMILES string of the molecule is CCCCCCCCCOC(=O)CCCCCCCN(CCCCCCCC(=O)O)CCCN1C(=O)CNC1=O. The molecule has 1 fully saturated rings. The second-order valence-electron chi connectivity index (χ2n) is 11.2. The minimum absolute atomic E-state index is 0.0646. The predicted molar refractivity (Wildman–Crippen MR) is 158 cm³/mol. The number of hydrogen-bond acceptors (Lipinski definition) is 6. The van der Waals surface area contributed by atoms with Gasteiger partial charge in [-0.15, -0.1) is 0 Å². The molecular weight excluding hydrogens is 510 g/mol. The topological polar surface area (TPSA) is 116 Å². The van der Waals surface area contributed by atoms with Crippen molar-refractivity contribution in [3.05, 3.63) is 0 Å². The fourth-order valence-corrected chi connectivity index (χ4v) is 5.06. The number of aliphatic carboxylic acids is 1. The molecule has 9 heteroatoms. The number of carbonyl (C=O) groups excluding carboxylic acids is 3. The quantitative estimate of drug-likeness (QED) is 0.0648. The van der Waals surface area contributed by atoms with E-state index in [9.17, 15) is 19.2 Å². The summed E-state index contributed by atoms with van der Waals surface area (Å²) in [6.45, 7) is 6.14. The van der Waals surface area contributed by atoms with Crippen LogP contribution in [0.15, 0.2) is 0 Å². The molecule has 0 aromatic carbocycles. The van der Waals surface area contributed by atoms with Gasteiger partial charge >= 0.3 is 18.0 Å². The Morgan fingerprint density at radius 1 is 0.750 bits per heavy atom. The van der Waals surface area contributed by atoms with Crippen molar-refractivity contribution in [1.82, 2.24) is 15.1 Å². The zero-order chi connectivity index (χ0) is 29.3. The van der Waals surface area contributed by atoms with Gasteiger partial charge in [-0.25, -0.2) is 4.79 Å². The highest BCUT2D eigenvalue weighted by Crippen LogP contribution is 2.11. The van der Waals surface area contributed by atoms with Crippen molar-refractivity contribution >= 4 is 23.9 Å². The van der Waals surface area contributed by atoms with Crippen LogP contribution in [-0.4, -0.2) is 78.1 Å². The van der Waals surface area contributed by atoms with Crippen molar-refractivity contribution in [2.45, 2.75) is 135 Å². The Kier molecular flexibility index (Phi) is 22.1. The third kappa shape index (κ3) is 19.8. The van der Waals surface area contributed by atoms with Gasteiger partial charge in [0.25, 0.3) is 0 Å². The zero-order valence-corrected chi connectivity index (χ0v) is 25.3. The number of unbranched alkanes of at least 4 members (excludes halogenated alkanes) is 14. The Hall–Kier alpha value is -2.16. The van der Waals surface area contributed by atoms with Crippen molar-refractivity contribution in [1.29, 1.82) is 0 Å². The molecule has 232 valence electrons. The molecule has 1 aliphatic heterocycles. The smallest absolute Gasteiger partial charge is 0.324 e. The van der Waals surface area contributed by atoms with Crippen LogP contribution < -0.4 is 5.32 Å². The van der Waals surface area contributed by atoms with Gasteiger partial charge in [-0.05, 0) is 58.2 Å². The maximum atomic E-state index is 11.9. The molecule has 0 unspecified atom stereocenters. The van der Waals surface area contributed by atoms with Crippen LogP contribution in [0.1, 0.15) is 135 Å². The van der Waals surface area contributed by atoms with Crippen LogP contribution in [-0.2, 0) is 19.1 Å². The molecule has 2 N–H and O–H groups in total. The first-order valence-corrected chi connectivity index (χ1v) is 16.1. The Labute approximate surface area is 242 Å². The van der Waals surface area contributed by atoms with Gasteiger partial charge in [-0.3, -0.25) is 19.3 Å². The summed E-state index contributed by atoms with van der Waals surface area (Å²) < 4.78 is 5.37. The Morgan fingerprint density at radius 2 is 1.27 bits per heavy atom. The number of carbonyl (C=O) groups is 4. The number of amides is 3. The van der Waals surface area contributed by atoms with Crippen molar-refractivity contribution < 1.29 is 29.0 Å². The lowest BCUT2D eigenvalue weighted by atomic mass is 10.1. The van der Waals surface area contributed by atoms with E-state index in [1.54, 1.807) is 0 Å². The Bertz CT molecular complexity index is 687. The Morgan fingerprint density at radius 3 is 1.85 bits per heavy atom. The number of esters is 1. The fourth-order valence-electron chi connectivity index (χ4n) is 5.06. The predicted octanol–water partition coefficient (Wildman–Crippen LogP) is 6.29. The van der Waals surface area contributed by atoms with Crippen LogP contribution >= 0.6 is 0 Å². The summed E-state index contributed by atoms with van der Waals surface area (Å²) in [6.07, 6.45) is 20.2. The lowest BCUT2D eigenvalue weighted by molar-refractivity contribution is -0.144. The van der Waals surface area contributed by atoms with Gasteiger partial charge in [-0.2, -0.15) is 0 Å². The molecule has 9 nitrogen and oxygen atoms in total. The van der Waals surface area contributed by atoms with Crippen LogP contribution in [0.5, 0.6) is 0 Å². The van der Waals surface area contributed by atoms with Gasteiger partial charge in [0.15, 0.2) is 0 Å². The number of nitrogens with one attached hydrogen (secondary N) is 1. The summed E-state index contributed by atoms with van der Waals surface area (Å²) >= 11 is 0. The minimum atomic E-state index is -0.727. The van der Waals surface area contributed by atoms with Crippen LogP contribution in [0.2, 0.25) is 0 Å². The lowest BCUT2D eigenvalue weighted by Crippen LogP contribution is -2.35. The summed E-state index contributed by atoms with van der Waals surface area (Å²) in [5.41, 5.74) is 0. The highest BCUT2D eigenvalue weighted by molar-refractivity contribution is 6.01. The van der Waals surface area contributed by atoms with Crippen LogP contribution in [0.4, 0.5) is 4.79 Å². The first-order chi connectivity index (χ1) is 19.4. The molecule has 0 atom stereocenters. The van der Waals surface area contributed by atoms with Crippen molar-refractivity contribution in [3.63, 3.8) is 0 Å². The highest BCUT2D eigenvalue weighted by atomic mass is 16.5. The van der Waals surface area contributed by atoms with E-state index in [1.807, 2.05) is 0 Å². The number of nitrogens with zero attached hydrogens (tertiary/aromatic N) is 2. The van der Waals surface area contributed by atoms with E-state index >= 15 is 0 Å². The second kappa shape index (κ2) is 24.6.